The highest BCUT2D eigenvalue weighted by Crippen LogP contribution is 2.26. The number of nitrogens with zero attached hydrogens (tertiary/aromatic N) is 2. The SMILES string of the molecule is CCOC(C(C)C)C(N)c1nccnc1OC. The molecule has 0 bridgehead atoms. The van der Waals surface area contributed by atoms with Crippen LogP contribution in [-0.4, -0.2) is 29.8 Å². The summed E-state index contributed by atoms with van der Waals surface area (Å²) in [5, 5.41) is 0. The van der Waals surface area contributed by atoms with Gasteiger partial charge in [-0.1, -0.05) is 13.8 Å². The Morgan fingerprint density at radius 2 is 1.94 bits per heavy atom. The minimum Gasteiger partial charge on any atom is -0.480 e. The lowest BCUT2D eigenvalue weighted by atomic mass is 9.97. The predicted octanol–water partition coefficient (Wildman–Crippen LogP) is 1.55. The minimum atomic E-state index is -0.335. The van der Waals surface area contributed by atoms with Crippen LogP contribution in [0.2, 0.25) is 0 Å². The zero-order chi connectivity index (χ0) is 12.8. The molecule has 5 nitrogen and oxygen atoms in total. The Morgan fingerprint density at radius 3 is 2.47 bits per heavy atom. The third-order valence-electron chi connectivity index (χ3n) is 2.57. The summed E-state index contributed by atoms with van der Waals surface area (Å²) in [7, 11) is 1.56. The first kappa shape index (κ1) is 13.9. The maximum atomic E-state index is 6.20. The average molecular weight is 239 g/mol. The molecule has 1 rings (SSSR count). The highest BCUT2D eigenvalue weighted by molar-refractivity contribution is 5.22. The normalized spacial score (nSPS) is 14.7. The first-order chi connectivity index (χ1) is 8.11. The van der Waals surface area contributed by atoms with E-state index in [0.29, 0.717) is 24.1 Å². The number of aromatic nitrogens is 2. The average Bonchev–Trinajstić information content (AvgIpc) is 2.34. The van der Waals surface area contributed by atoms with Gasteiger partial charge in [0.25, 0.3) is 0 Å². The fourth-order valence-electron chi connectivity index (χ4n) is 1.78. The van der Waals surface area contributed by atoms with E-state index in [1.807, 2.05) is 6.92 Å². The van der Waals surface area contributed by atoms with Crippen LogP contribution in [-0.2, 0) is 4.74 Å². The molecule has 1 aromatic heterocycles. The van der Waals surface area contributed by atoms with Crippen molar-refractivity contribution in [2.45, 2.75) is 32.9 Å². The van der Waals surface area contributed by atoms with Gasteiger partial charge in [-0.15, -0.1) is 0 Å². The summed E-state index contributed by atoms with van der Waals surface area (Å²) in [5.74, 6) is 0.766. The van der Waals surface area contributed by atoms with Gasteiger partial charge < -0.3 is 15.2 Å². The molecule has 0 saturated heterocycles. The Hall–Kier alpha value is -1.20. The van der Waals surface area contributed by atoms with Crippen LogP contribution in [0.4, 0.5) is 0 Å². The highest BCUT2D eigenvalue weighted by atomic mass is 16.5. The number of methoxy groups -OCH3 is 1. The quantitative estimate of drug-likeness (QED) is 0.815. The van der Waals surface area contributed by atoms with Crippen molar-refractivity contribution in [1.82, 2.24) is 9.97 Å². The van der Waals surface area contributed by atoms with E-state index in [1.54, 1.807) is 19.5 Å². The summed E-state index contributed by atoms with van der Waals surface area (Å²) in [6, 6.07) is -0.335. The van der Waals surface area contributed by atoms with Crippen LogP contribution in [0.15, 0.2) is 12.4 Å². The Labute approximate surface area is 102 Å². The van der Waals surface area contributed by atoms with Gasteiger partial charge in [-0.2, -0.15) is 0 Å². The second-order valence-electron chi connectivity index (χ2n) is 4.14. The number of nitrogens with two attached hydrogens (primary N) is 1. The van der Waals surface area contributed by atoms with Gasteiger partial charge in [-0.25, -0.2) is 4.98 Å². The number of hydrogen-bond donors (Lipinski definition) is 1. The summed E-state index contributed by atoms with van der Waals surface area (Å²) < 4.78 is 10.8. The molecule has 1 aromatic rings. The van der Waals surface area contributed by atoms with E-state index in [4.69, 9.17) is 15.2 Å². The standard InChI is InChI=1S/C12H21N3O2/c1-5-17-11(8(2)3)9(13)10-12(16-4)15-7-6-14-10/h6-9,11H,5,13H2,1-4H3. The Kier molecular flexibility index (Phi) is 5.31. The van der Waals surface area contributed by atoms with Gasteiger partial charge >= 0.3 is 0 Å². The summed E-state index contributed by atoms with van der Waals surface area (Å²) >= 11 is 0. The van der Waals surface area contributed by atoms with Crippen LogP contribution >= 0.6 is 0 Å². The van der Waals surface area contributed by atoms with Crippen molar-refractivity contribution >= 4 is 0 Å². The molecule has 2 unspecified atom stereocenters. The van der Waals surface area contributed by atoms with Gasteiger partial charge in [0, 0.05) is 19.0 Å². The monoisotopic (exact) mass is 239 g/mol. The lowest BCUT2D eigenvalue weighted by Crippen LogP contribution is -2.34. The van der Waals surface area contributed by atoms with E-state index < -0.39 is 0 Å². The molecule has 0 aliphatic carbocycles. The van der Waals surface area contributed by atoms with Crippen molar-refractivity contribution in [3.63, 3.8) is 0 Å². The van der Waals surface area contributed by atoms with Crippen LogP contribution in [0, 0.1) is 5.92 Å². The van der Waals surface area contributed by atoms with E-state index in [2.05, 4.69) is 23.8 Å². The van der Waals surface area contributed by atoms with Crippen molar-refractivity contribution < 1.29 is 9.47 Å². The number of hydrogen-bond acceptors (Lipinski definition) is 5. The first-order valence-electron chi connectivity index (χ1n) is 5.83. The third-order valence-corrected chi connectivity index (χ3v) is 2.57. The molecule has 0 fully saturated rings. The molecule has 2 atom stereocenters. The second kappa shape index (κ2) is 6.51. The highest BCUT2D eigenvalue weighted by Gasteiger charge is 2.27. The van der Waals surface area contributed by atoms with Crippen molar-refractivity contribution in [2.24, 2.45) is 11.7 Å². The van der Waals surface area contributed by atoms with Gasteiger partial charge in [-0.3, -0.25) is 4.98 Å². The van der Waals surface area contributed by atoms with E-state index >= 15 is 0 Å². The largest absolute Gasteiger partial charge is 0.480 e. The lowest BCUT2D eigenvalue weighted by Gasteiger charge is -2.27. The van der Waals surface area contributed by atoms with Crippen LogP contribution in [0.5, 0.6) is 5.88 Å². The maximum absolute atomic E-state index is 6.20. The predicted molar refractivity (Wildman–Crippen MR) is 65.8 cm³/mol. The molecule has 0 spiro atoms. The molecule has 96 valence electrons. The molecule has 1 heterocycles. The lowest BCUT2D eigenvalue weighted by molar-refractivity contribution is 0.0106. The molecule has 0 aliphatic rings. The smallest absolute Gasteiger partial charge is 0.237 e. The fourth-order valence-corrected chi connectivity index (χ4v) is 1.78. The van der Waals surface area contributed by atoms with Crippen LogP contribution in [0.25, 0.3) is 0 Å². The maximum Gasteiger partial charge on any atom is 0.237 e. The Morgan fingerprint density at radius 1 is 1.29 bits per heavy atom. The third kappa shape index (κ3) is 3.38. The van der Waals surface area contributed by atoms with E-state index in [-0.39, 0.29) is 12.1 Å². The molecule has 0 aromatic carbocycles. The molecule has 0 saturated carbocycles. The molecule has 2 N–H and O–H groups in total. The van der Waals surface area contributed by atoms with E-state index in [9.17, 15) is 0 Å². The molecule has 0 amide bonds. The second-order valence-corrected chi connectivity index (χ2v) is 4.14. The summed E-state index contributed by atoms with van der Waals surface area (Å²) in [5.41, 5.74) is 6.84. The molecular weight excluding hydrogens is 218 g/mol. The van der Waals surface area contributed by atoms with Gasteiger partial charge in [0.2, 0.25) is 5.88 Å². The van der Waals surface area contributed by atoms with Crippen LogP contribution < -0.4 is 10.5 Å². The van der Waals surface area contributed by atoms with Gasteiger partial charge in [0.15, 0.2) is 0 Å². The molecule has 17 heavy (non-hydrogen) atoms. The first-order valence-corrected chi connectivity index (χ1v) is 5.83. The van der Waals surface area contributed by atoms with Gasteiger partial charge in [-0.05, 0) is 12.8 Å². The molecule has 0 aliphatic heterocycles. The van der Waals surface area contributed by atoms with Crippen LogP contribution in [0.1, 0.15) is 32.5 Å². The van der Waals surface area contributed by atoms with Crippen molar-refractivity contribution in [2.75, 3.05) is 13.7 Å². The molecular formula is C12H21N3O2. The van der Waals surface area contributed by atoms with Crippen molar-refractivity contribution in [3.8, 4) is 5.88 Å². The van der Waals surface area contributed by atoms with Gasteiger partial charge in [0.1, 0.15) is 5.69 Å². The zero-order valence-electron chi connectivity index (χ0n) is 10.9. The van der Waals surface area contributed by atoms with Crippen molar-refractivity contribution in [1.29, 1.82) is 0 Å². The zero-order valence-corrected chi connectivity index (χ0v) is 10.9. The Bertz CT molecular complexity index is 344. The van der Waals surface area contributed by atoms with Gasteiger partial charge in [0.05, 0.1) is 19.3 Å². The van der Waals surface area contributed by atoms with Crippen molar-refractivity contribution in [3.05, 3.63) is 18.1 Å². The minimum absolute atomic E-state index is 0.0920. The fraction of sp³-hybridized carbons (Fsp3) is 0.667. The number of rotatable bonds is 6. The Balaban J connectivity index is 2.96. The number of ether oxygens (including phenoxy) is 2. The van der Waals surface area contributed by atoms with Crippen LogP contribution in [0.3, 0.4) is 0 Å². The van der Waals surface area contributed by atoms with E-state index in [0.717, 1.165) is 0 Å². The summed E-state index contributed by atoms with van der Waals surface area (Å²) in [6.07, 6.45) is 3.10. The summed E-state index contributed by atoms with van der Waals surface area (Å²) in [6.45, 7) is 6.72. The van der Waals surface area contributed by atoms with E-state index in [1.165, 1.54) is 0 Å². The topological polar surface area (TPSA) is 70.3 Å². The molecule has 0 radical (unpaired) electrons. The molecule has 5 heteroatoms. The summed E-state index contributed by atoms with van der Waals surface area (Å²) in [4.78, 5) is 8.34.